The average Bonchev–Trinajstić information content (AvgIpc) is 3.20. The fraction of sp³-hybridized carbons (Fsp3) is 0.0435. The van der Waals surface area contributed by atoms with Gasteiger partial charge >= 0.3 is 0 Å². The first-order valence-corrected chi connectivity index (χ1v) is 11.0. The topological polar surface area (TPSA) is 88.4 Å². The minimum Gasteiger partial charge on any atom is -0.330 e. The number of aryl methyl sites for hydroxylation is 1. The molecule has 10 heteroatoms. The Morgan fingerprint density at radius 3 is 2.67 bits per heavy atom. The zero-order valence-corrected chi connectivity index (χ0v) is 18.7. The number of benzene rings is 3. The summed E-state index contributed by atoms with van der Waals surface area (Å²) in [6, 6.07) is 15.5. The first kappa shape index (κ1) is 21.0. The molecule has 0 radical (unpaired) electrons. The third kappa shape index (κ3) is 4.15. The van der Waals surface area contributed by atoms with Crippen LogP contribution in [-0.2, 0) is 0 Å². The van der Waals surface area contributed by atoms with E-state index < -0.39 is 11.7 Å². The van der Waals surface area contributed by atoms with Gasteiger partial charge in [-0.2, -0.15) is 4.52 Å². The van der Waals surface area contributed by atoms with Crippen molar-refractivity contribution in [2.24, 2.45) is 0 Å². The summed E-state index contributed by atoms with van der Waals surface area (Å²) in [5.74, 6) is -0.787. The van der Waals surface area contributed by atoms with Crippen molar-refractivity contribution in [1.82, 2.24) is 14.6 Å². The third-order valence-corrected chi connectivity index (χ3v) is 6.06. The Morgan fingerprint density at radius 2 is 1.88 bits per heavy atom. The van der Waals surface area contributed by atoms with Crippen molar-refractivity contribution in [3.05, 3.63) is 93.0 Å². The molecule has 2 heterocycles. The SMILES string of the molecule is Cc1ccc(Cl)cc1Nc1nn2c(=O)c3ccc(C(=O)Nc4ccc(F)cc4)cc3nc2s1. The van der Waals surface area contributed by atoms with Crippen LogP contribution in [0, 0.1) is 12.7 Å². The lowest BCUT2D eigenvalue weighted by Gasteiger charge is -2.06. The predicted molar refractivity (Wildman–Crippen MR) is 128 cm³/mol. The van der Waals surface area contributed by atoms with Gasteiger partial charge < -0.3 is 10.6 Å². The predicted octanol–water partition coefficient (Wildman–Crippen LogP) is 5.40. The second-order valence-electron chi connectivity index (χ2n) is 7.30. The Bertz CT molecular complexity index is 1600. The number of rotatable bonds is 4. The van der Waals surface area contributed by atoms with E-state index in [-0.39, 0.29) is 5.56 Å². The molecule has 164 valence electrons. The van der Waals surface area contributed by atoms with E-state index in [1.807, 2.05) is 13.0 Å². The van der Waals surface area contributed by atoms with Gasteiger partial charge in [-0.3, -0.25) is 9.59 Å². The van der Waals surface area contributed by atoms with E-state index in [4.69, 9.17) is 11.6 Å². The van der Waals surface area contributed by atoms with Gasteiger partial charge in [-0.05, 0) is 67.1 Å². The summed E-state index contributed by atoms with van der Waals surface area (Å²) in [4.78, 5) is 30.5. The van der Waals surface area contributed by atoms with Gasteiger partial charge in [0.05, 0.1) is 10.9 Å². The highest BCUT2D eigenvalue weighted by Gasteiger charge is 2.14. The van der Waals surface area contributed by atoms with Crippen molar-refractivity contribution in [1.29, 1.82) is 0 Å². The molecule has 5 aromatic rings. The second-order valence-corrected chi connectivity index (χ2v) is 8.69. The smallest absolute Gasteiger partial charge is 0.283 e. The normalized spacial score (nSPS) is 11.1. The van der Waals surface area contributed by atoms with E-state index in [1.54, 1.807) is 24.3 Å². The number of hydrogen-bond donors (Lipinski definition) is 2. The summed E-state index contributed by atoms with van der Waals surface area (Å²) in [6.07, 6.45) is 0. The van der Waals surface area contributed by atoms with Gasteiger partial charge in [-0.15, -0.1) is 5.10 Å². The summed E-state index contributed by atoms with van der Waals surface area (Å²) in [7, 11) is 0. The summed E-state index contributed by atoms with van der Waals surface area (Å²) < 4.78 is 14.3. The van der Waals surface area contributed by atoms with Gasteiger partial charge in [0.15, 0.2) is 0 Å². The number of carbonyl (C=O) groups excluding carboxylic acids is 1. The van der Waals surface area contributed by atoms with Gasteiger partial charge in [0.25, 0.3) is 11.5 Å². The minimum absolute atomic E-state index is 0.320. The van der Waals surface area contributed by atoms with Gasteiger partial charge in [-0.1, -0.05) is 29.0 Å². The lowest BCUT2D eigenvalue weighted by Crippen LogP contribution is -2.16. The molecule has 7 nitrogen and oxygen atoms in total. The van der Waals surface area contributed by atoms with Gasteiger partial charge in [0.1, 0.15) is 5.82 Å². The number of nitrogens with one attached hydrogen (secondary N) is 2. The Labute approximate surface area is 195 Å². The van der Waals surface area contributed by atoms with Crippen molar-refractivity contribution >= 4 is 61.2 Å². The van der Waals surface area contributed by atoms with Gasteiger partial charge in [0.2, 0.25) is 10.1 Å². The van der Waals surface area contributed by atoms with Crippen LogP contribution in [0.15, 0.2) is 65.5 Å². The molecule has 0 atom stereocenters. The summed E-state index contributed by atoms with van der Waals surface area (Å²) in [5, 5.41) is 11.6. The fourth-order valence-electron chi connectivity index (χ4n) is 3.28. The molecule has 0 saturated heterocycles. The van der Waals surface area contributed by atoms with Gasteiger partial charge in [-0.25, -0.2) is 9.37 Å². The van der Waals surface area contributed by atoms with Crippen LogP contribution in [0.3, 0.4) is 0 Å². The Balaban J connectivity index is 1.49. The number of aromatic nitrogens is 3. The number of anilines is 3. The molecule has 0 aliphatic rings. The van der Waals surface area contributed by atoms with E-state index in [0.717, 1.165) is 11.3 Å². The van der Waals surface area contributed by atoms with E-state index in [0.29, 0.717) is 37.3 Å². The number of hydrogen-bond acceptors (Lipinski definition) is 6. The van der Waals surface area contributed by atoms with Crippen LogP contribution >= 0.6 is 22.9 Å². The molecular weight excluding hydrogens is 465 g/mol. The van der Waals surface area contributed by atoms with Crippen molar-refractivity contribution in [3.8, 4) is 0 Å². The molecule has 0 spiro atoms. The molecular formula is C23H15ClFN5O2S. The number of halogens is 2. The summed E-state index contributed by atoms with van der Waals surface area (Å²) in [6.45, 7) is 1.93. The molecule has 2 aromatic heterocycles. The van der Waals surface area contributed by atoms with Gasteiger partial charge in [0, 0.05) is 22.0 Å². The fourth-order valence-corrected chi connectivity index (χ4v) is 4.26. The van der Waals surface area contributed by atoms with Crippen molar-refractivity contribution in [2.75, 3.05) is 10.6 Å². The van der Waals surface area contributed by atoms with Crippen LogP contribution in [0.25, 0.3) is 15.9 Å². The second kappa shape index (κ2) is 8.27. The molecule has 1 amide bonds. The standard InChI is InChI=1S/C23H15ClFN5O2S/c1-12-2-4-14(24)11-18(12)27-22-29-30-21(32)17-9-3-13(10-19(17)28-23(30)33-22)20(31)26-16-7-5-15(25)6-8-16/h2-11H,1H3,(H,26,31)(H,27,29). The number of carbonyl (C=O) groups is 1. The van der Waals surface area contributed by atoms with Crippen molar-refractivity contribution in [2.45, 2.75) is 6.92 Å². The number of fused-ring (bicyclic) bond motifs is 2. The molecule has 0 saturated carbocycles. The zero-order valence-electron chi connectivity index (χ0n) is 17.1. The maximum Gasteiger partial charge on any atom is 0.283 e. The highest BCUT2D eigenvalue weighted by Crippen LogP contribution is 2.27. The van der Waals surface area contributed by atoms with E-state index in [2.05, 4.69) is 20.7 Å². The minimum atomic E-state index is -0.395. The van der Waals surface area contributed by atoms with Crippen molar-refractivity contribution < 1.29 is 9.18 Å². The maximum atomic E-state index is 13.1. The average molecular weight is 480 g/mol. The summed E-state index contributed by atoms with van der Waals surface area (Å²) >= 11 is 7.29. The van der Waals surface area contributed by atoms with Crippen LogP contribution in [0.1, 0.15) is 15.9 Å². The van der Waals surface area contributed by atoms with E-state index in [9.17, 15) is 14.0 Å². The highest BCUT2D eigenvalue weighted by atomic mass is 35.5. The molecule has 0 fully saturated rings. The highest BCUT2D eigenvalue weighted by molar-refractivity contribution is 7.20. The summed E-state index contributed by atoms with van der Waals surface area (Å²) in [5.41, 5.74) is 2.56. The molecule has 2 N–H and O–H groups in total. The molecule has 33 heavy (non-hydrogen) atoms. The molecule has 0 unspecified atom stereocenters. The molecule has 0 aliphatic heterocycles. The van der Waals surface area contributed by atoms with Crippen LogP contribution in [-0.4, -0.2) is 20.5 Å². The zero-order chi connectivity index (χ0) is 23.1. The van der Waals surface area contributed by atoms with Crippen LogP contribution < -0.4 is 16.2 Å². The lowest BCUT2D eigenvalue weighted by molar-refractivity contribution is 0.102. The van der Waals surface area contributed by atoms with Crippen LogP contribution in [0.5, 0.6) is 0 Å². The van der Waals surface area contributed by atoms with Crippen molar-refractivity contribution in [3.63, 3.8) is 0 Å². The lowest BCUT2D eigenvalue weighted by atomic mass is 10.1. The number of nitrogens with zero attached hydrogens (tertiary/aromatic N) is 3. The molecule has 0 bridgehead atoms. The maximum absolute atomic E-state index is 13.1. The first-order valence-electron chi connectivity index (χ1n) is 9.81. The Morgan fingerprint density at radius 1 is 1.09 bits per heavy atom. The van der Waals surface area contributed by atoms with Crippen LogP contribution in [0.2, 0.25) is 5.02 Å². The number of amides is 1. The first-order chi connectivity index (χ1) is 15.9. The molecule has 3 aromatic carbocycles. The Hall–Kier alpha value is -3.82. The van der Waals surface area contributed by atoms with E-state index >= 15 is 0 Å². The monoisotopic (exact) mass is 479 g/mol. The largest absolute Gasteiger partial charge is 0.330 e. The molecule has 5 rings (SSSR count). The Kier molecular flexibility index (Phi) is 5.27. The quantitative estimate of drug-likeness (QED) is 0.360. The van der Waals surface area contributed by atoms with E-state index in [1.165, 1.54) is 46.2 Å². The molecule has 0 aliphatic carbocycles. The third-order valence-electron chi connectivity index (χ3n) is 5.00. The van der Waals surface area contributed by atoms with Crippen LogP contribution in [0.4, 0.5) is 20.9 Å².